The minimum absolute atomic E-state index is 0.0588. The molecule has 0 heterocycles. The Balaban J connectivity index is 3.17. The fourth-order valence-corrected chi connectivity index (χ4v) is 1.37. The highest BCUT2D eigenvalue weighted by atomic mass is 16.1. The lowest BCUT2D eigenvalue weighted by molar-refractivity contribution is 0.0969. The van der Waals surface area contributed by atoms with E-state index in [0.29, 0.717) is 5.56 Å². The van der Waals surface area contributed by atoms with Crippen LogP contribution in [-0.4, -0.2) is 25.9 Å². The third-order valence-electron chi connectivity index (χ3n) is 2.26. The predicted molar refractivity (Wildman–Crippen MR) is 63.5 cm³/mol. The number of hydrogen-bond acceptors (Lipinski definition) is 4. The molecule has 82 valence electrons. The summed E-state index contributed by atoms with van der Waals surface area (Å²) in [7, 11) is 3.60. The van der Waals surface area contributed by atoms with E-state index in [9.17, 15) is 4.79 Å². The Labute approximate surface area is 89.9 Å². The zero-order chi connectivity index (χ0) is 11.4. The predicted octanol–water partition coefficient (Wildman–Crippen LogP) is 1.30. The Bertz CT molecular complexity index is 361. The van der Waals surface area contributed by atoms with Crippen LogP contribution < -0.4 is 16.4 Å². The van der Waals surface area contributed by atoms with Crippen molar-refractivity contribution in [1.29, 1.82) is 0 Å². The quantitative estimate of drug-likeness (QED) is 0.651. The molecule has 1 rings (SSSR count). The van der Waals surface area contributed by atoms with E-state index in [4.69, 9.17) is 5.73 Å². The van der Waals surface area contributed by atoms with Gasteiger partial charge in [-0.15, -0.1) is 0 Å². The number of ketones is 1. The van der Waals surface area contributed by atoms with Crippen molar-refractivity contribution in [3.05, 3.63) is 23.8 Å². The van der Waals surface area contributed by atoms with Gasteiger partial charge >= 0.3 is 0 Å². The van der Waals surface area contributed by atoms with E-state index < -0.39 is 6.04 Å². The summed E-state index contributed by atoms with van der Waals surface area (Å²) < 4.78 is 0. The van der Waals surface area contributed by atoms with Crippen LogP contribution in [0.15, 0.2) is 18.2 Å². The van der Waals surface area contributed by atoms with Crippen molar-refractivity contribution >= 4 is 17.2 Å². The third kappa shape index (κ3) is 2.47. The molecule has 0 amide bonds. The third-order valence-corrected chi connectivity index (χ3v) is 2.26. The second-order valence-corrected chi connectivity index (χ2v) is 3.41. The summed E-state index contributed by atoms with van der Waals surface area (Å²) in [6.45, 7) is 1.69. The normalized spacial score (nSPS) is 12.0. The molecule has 1 aromatic carbocycles. The lowest BCUT2D eigenvalue weighted by Gasteiger charge is -2.12. The van der Waals surface area contributed by atoms with Crippen LogP contribution in [0.1, 0.15) is 17.3 Å². The molecular weight excluding hydrogens is 190 g/mol. The molecule has 0 radical (unpaired) electrons. The van der Waals surface area contributed by atoms with Gasteiger partial charge in [-0.25, -0.2) is 0 Å². The number of benzene rings is 1. The fraction of sp³-hybridized carbons (Fsp3) is 0.364. The largest absolute Gasteiger partial charge is 0.388 e. The van der Waals surface area contributed by atoms with Crippen molar-refractivity contribution in [2.45, 2.75) is 13.0 Å². The fourth-order valence-electron chi connectivity index (χ4n) is 1.37. The zero-order valence-corrected chi connectivity index (χ0v) is 9.29. The smallest absolute Gasteiger partial charge is 0.181 e. The maximum absolute atomic E-state index is 11.8. The number of Topliss-reactive ketones (excluding diaryl/α,β-unsaturated/α-hetero) is 1. The Kier molecular flexibility index (Phi) is 3.68. The van der Waals surface area contributed by atoms with Crippen LogP contribution >= 0.6 is 0 Å². The van der Waals surface area contributed by atoms with Crippen molar-refractivity contribution in [2.24, 2.45) is 5.73 Å². The molecule has 0 spiro atoms. The van der Waals surface area contributed by atoms with Gasteiger partial charge in [0.25, 0.3) is 0 Å². The van der Waals surface area contributed by atoms with Gasteiger partial charge in [0, 0.05) is 31.0 Å². The van der Waals surface area contributed by atoms with Gasteiger partial charge in [0.1, 0.15) is 0 Å². The van der Waals surface area contributed by atoms with E-state index >= 15 is 0 Å². The van der Waals surface area contributed by atoms with Crippen LogP contribution in [0.2, 0.25) is 0 Å². The first kappa shape index (κ1) is 11.5. The Morgan fingerprint density at radius 3 is 2.47 bits per heavy atom. The average Bonchev–Trinajstić information content (AvgIpc) is 2.27. The second-order valence-electron chi connectivity index (χ2n) is 3.41. The van der Waals surface area contributed by atoms with E-state index in [1.807, 2.05) is 19.2 Å². The van der Waals surface area contributed by atoms with Crippen LogP contribution in [0.25, 0.3) is 0 Å². The summed E-state index contributed by atoms with van der Waals surface area (Å²) >= 11 is 0. The summed E-state index contributed by atoms with van der Waals surface area (Å²) in [5, 5.41) is 5.97. The van der Waals surface area contributed by atoms with E-state index in [-0.39, 0.29) is 5.78 Å². The van der Waals surface area contributed by atoms with Crippen molar-refractivity contribution in [3.8, 4) is 0 Å². The number of anilines is 2. The van der Waals surface area contributed by atoms with Gasteiger partial charge in [0.2, 0.25) is 0 Å². The SMILES string of the molecule is CNc1ccc(NC)c(C(=O)[C@H](C)N)c1. The highest BCUT2D eigenvalue weighted by Crippen LogP contribution is 2.21. The Morgan fingerprint density at radius 1 is 1.33 bits per heavy atom. The average molecular weight is 207 g/mol. The molecule has 1 atom stereocenters. The maximum atomic E-state index is 11.8. The molecular formula is C11H17N3O. The molecule has 0 fully saturated rings. The van der Waals surface area contributed by atoms with Gasteiger partial charge in [0.05, 0.1) is 6.04 Å². The molecule has 4 nitrogen and oxygen atoms in total. The van der Waals surface area contributed by atoms with E-state index in [1.165, 1.54) is 0 Å². The van der Waals surface area contributed by atoms with Crippen molar-refractivity contribution in [3.63, 3.8) is 0 Å². The standard InChI is InChI=1S/C11H17N3O/c1-7(12)11(15)9-6-8(13-2)4-5-10(9)14-3/h4-7,13-14H,12H2,1-3H3/t7-/m0/s1. The molecule has 0 saturated heterocycles. The maximum Gasteiger partial charge on any atom is 0.181 e. The van der Waals surface area contributed by atoms with Crippen molar-refractivity contribution in [1.82, 2.24) is 0 Å². The van der Waals surface area contributed by atoms with Crippen molar-refractivity contribution < 1.29 is 4.79 Å². The molecule has 0 bridgehead atoms. The van der Waals surface area contributed by atoms with Gasteiger partial charge in [0.15, 0.2) is 5.78 Å². The number of nitrogens with one attached hydrogen (secondary N) is 2. The molecule has 0 aliphatic carbocycles. The van der Waals surface area contributed by atoms with Gasteiger partial charge in [-0.05, 0) is 25.1 Å². The van der Waals surface area contributed by atoms with E-state index in [1.54, 1.807) is 20.0 Å². The van der Waals surface area contributed by atoms with E-state index in [0.717, 1.165) is 11.4 Å². The Hall–Kier alpha value is -1.55. The summed E-state index contributed by atoms with van der Waals surface area (Å²) in [5.74, 6) is -0.0588. The van der Waals surface area contributed by atoms with Crippen LogP contribution in [0.4, 0.5) is 11.4 Å². The molecule has 0 aromatic heterocycles. The molecule has 4 heteroatoms. The molecule has 15 heavy (non-hydrogen) atoms. The van der Waals surface area contributed by atoms with Crippen molar-refractivity contribution in [2.75, 3.05) is 24.7 Å². The monoisotopic (exact) mass is 207 g/mol. The molecule has 0 unspecified atom stereocenters. The highest BCUT2D eigenvalue weighted by Gasteiger charge is 2.15. The Morgan fingerprint density at radius 2 is 2.00 bits per heavy atom. The minimum Gasteiger partial charge on any atom is -0.388 e. The first-order chi connectivity index (χ1) is 7.10. The van der Waals surface area contributed by atoms with Gasteiger partial charge in [-0.1, -0.05) is 0 Å². The summed E-state index contributed by atoms with van der Waals surface area (Å²) in [6, 6.07) is 5.09. The number of rotatable bonds is 4. The molecule has 0 aliphatic heterocycles. The number of hydrogen-bond donors (Lipinski definition) is 3. The molecule has 4 N–H and O–H groups in total. The summed E-state index contributed by atoms with van der Waals surface area (Å²) in [6.07, 6.45) is 0. The highest BCUT2D eigenvalue weighted by molar-refractivity contribution is 6.05. The van der Waals surface area contributed by atoms with Crippen LogP contribution in [0.3, 0.4) is 0 Å². The van der Waals surface area contributed by atoms with Gasteiger partial charge in [-0.2, -0.15) is 0 Å². The molecule has 0 saturated carbocycles. The second kappa shape index (κ2) is 4.79. The zero-order valence-electron chi connectivity index (χ0n) is 9.29. The number of nitrogens with two attached hydrogens (primary N) is 1. The first-order valence-corrected chi connectivity index (χ1v) is 4.89. The number of carbonyl (C=O) groups excluding carboxylic acids is 1. The van der Waals surface area contributed by atoms with Gasteiger partial charge < -0.3 is 16.4 Å². The minimum atomic E-state index is -0.482. The van der Waals surface area contributed by atoms with Gasteiger partial charge in [-0.3, -0.25) is 4.79 Å². The number of carbonyl (C=O) groups is 1. The van der Waals surface area contributed by atoms with Crippen LogP contribution in [-0.2, 0) is 0 Å². The lowest BCUT2D eigenvalue weighted by atomic mass is 10.0. The van der Waals surface area contributed by atoms with E-state index in [2.05, 4.69) is 10.6 Å². The van der Waals surface area contributed by atoms with Crippen LogP contribution in [0, 0.1) is 0 Å². The van der Waals surface area contributed by atoms with Crippen LogP contribution in [0.5, 0.6) is 0 Å². The molecule has 1 aromatic rings. The molecule has 0 aliphatic rings. The first-order valence-electron chi connectivity index (χ1n) is 4.89. The topological polar surface area (TPSA) is 67.1 Å². The lowest BCUT2D eigenvalue weighted by Crippen LogP contribution is -2.27. The summed E-state index contributed by atoms with van der Waals surface area (Å²) in [5.41, 5.74) is 7.91. The summed E-state index contributed by atoms with van der Waals surface area (Å²) in [4.78, 5) is 11.8.